The highest BCUT2D eigenvalue weighted by atomic mass is 16.6. The summed E-state index contributed by atoms with van der Waals surface area (Å²) in [4.78, 5) is 0. The molecule has 4 heteroatoms. The molecule has 2 rings (SSSR count). The number of aromatic hydroxyl groups is 1. The lowest BCUT2D eigenvalue weighted by Gasteiger charge is -2.36. The fourth-order valence-corrected chi connectivity index (χ4v) is 1.98. The lowest BCUT2D eigenvalue weighted by atomic mass is 9.87. The first-order valence-corrected chi connectivity index (χ1v) is 5.22. The van der Waals surface area contributed by atoms with Crippen LogP contribution in [0.1, 0.15) is 18.1 Å². The van der Waals surface area contributed by atoms with Gasteiger partial charge in [0.1, 0.15) is 5.75 Å². The molecule has 4 N–H and O–H groups in total. The minimum Gasteiger partial charge on any atom is -0.507 e. The molecule has 0 saturated carbocycles. The van der Waals surface area contributed by atoms with Crippen molar-refractivity contribution in [2.45, 2.75) is 18.8 Å². The van der Waals surface area contributed by atoms with Crippen LogP contribution in [0.4, 0.5) is 0 Å². The molecule has 0 spiro atoms. The van der Waals surface area contributed by atoms with Crippen LogP contribution in [-0.2, 0) is 10.5 Å². The van der Waals surface area contributed by atoms with Crippen molar-refractivity contribution in [3.63, 3.8) is 0 Å². The van der Waals surface area contributed by atoms with E-state index in [4.69, 9.17) is 10.5 Å². The number of fused-ring (bicyclic) bond motifs is 1. The zero-order valence-corrected chi connectivity index (χ0v) is 9.05. The number of rotatable bonds is 2. The normalized spacial score (nSPS) is 27.8. The number of nitrogens with two attached hydrogens (primary N) is 1. The second-order valence-corrected chi connectivity index (χ2v) is 3.76. The monoisotopic (exact) mass is 221 g/mol. The molecular weight excluding hydrogens is 206 g/mol. The van der Waals surface area contributed by atoms with Gasteiger partial charge in [-0.1, -0.05) is 24.3 Å². The summed E-state index contributed by atoms with van der Waals surface area (Å²) in [6.45, 7) is 2.08. The maximum absolute atomic E-state index is 10.4. The predicted molar refractivity (Wildman–Crippen MR) is 60.6 cm³/mol. The van der Waals surface area contributed by atoms with Gasteiger partial charge in [0.2, 0.25) is 5.79 Å². The standard InChI is InChI=1S/C12H15NO3/c1-2-16-12(15)10(13)7-6-8-4-3-5-9(14)11(8)12/h3-7,10,14-15H,2,13H2,1H3. The van der Waals surface area contributed by atoms with Crippen molar-refractivity contribution in [1.82, 2.24) is 0 Å². The van der Waals surface area contributed by atoms with Crippen molar-refractivity contribution in [2.24, 2.45) is 5.73 Å². The number of benzene rings is 1. The summed E-state index contributed by atoms with van der Waals surface area (Å²) in [5, 5.41) is 20.2. The Morgan fingerprint density at radius 3 is 2.94 bits per heavy atom. The quantitative estimate of drug-likeness (QED) is 0.649. The first-order valence-electron chi connectivity index (χ1n) is 5.22. The number of aliphatic hydroxyl groups is 1. The van der Waals surface area contributed by atoms with E-state index >= 15 is 0 Å². The van der Waals surface area contributed by atoms with Crippen LogP contribution < -0.4 is 5.73 Å². The van der Waals surface area contributed by atoms with Gasteiger partial charge in [0.15, 0.2) is 0 Å². The molecule has 1 aromatic rings. The lowest BCUT2D eigenvalue weighted by molar-refractivity contribution is -0.217. The zero-order valence-electron chi connectivity index (χ0n) is 9.05. The van der Waals surface area contributed by atoms with Gasteiger partial charge < -0.3 is 20.7 Å². The van der Waals surface area contributed by atoms with Crippen molar-refractivity contribution in [1.29, 1.82) is 0 Å². The van der Waals surface area contributed by atoms with Gasteiger partial charge in [-0.05, 0) is 18.6 Å². The van der Waals surface area contributed by atoms with Crippen molar-refractivity contribution < 1.29 is 14.9 Å². The Balaban J connectivity index is 2.60. The molecular formula is C12H15NO3. The number of ether oxygens (including phenoxy) is 1. The van der Waals surface area contributed by atoms with E-state index in [0.29, 0.717) is 12.2 Å². The largest absolute Gasteiger partial charge is 0.507 e. The first-order chi connectivity index (χ1) is 7.59. The van der Waals surface area contributed by atoms with Gasteiger partial charge in [0.05, 0.1) is 11.6 Å². The molecule has 0 aromatic heterocycles. The van der Waals surface area contributed by atoms with Crippen LogP contribution in [0.5, 0.6) is 5.75 Å². The molecule has 0 bridgehead atoms. The van der Waals surface area contributed by atoms with Crippen molar-refractivity contribution in [3.05, 3.63) is 35.4 Å². The lowest BCUT2D eigenvalue weighted by Crippen LogP contribution is -2.48. The van der Waals surface area contributed by atoms with Crippen LogP contribution >= 0.6 is 0 Å². The molecule has 1 aliphatic carbocycles. The van der Waals surface area contributed by atoms with Crippen LogP contribution in [0.15, 0.2) is 24.3 Å². The molecule has 0 fully saturated rings. The van der Waals surface area contributed by atoms with E-state index in [-0.39, 0.29) is 5.75 Å². The van der Waals surface area contributed by atoms with Crippen molar-refractivity contribution in [3.8, 4) is 5.75 Å². The summed E-state index contributed by atoms with van der Waals surface area (Å²) < 4.78 is 5.31. The van der Waals surface area contributed by atoms with E-state index in [1.54, 1.807) is 31.2 Å². The topological polar surface area (TPSA) is 75.7 Å². The van der Waals surface area contributed by atoms with Gasteiger partial charge >= 0.3 is 0 Å². The minimum absolute atomic E-state index is 0.00625. The fraction of sp³-hybridized carbons (Fsp3) is 0.333. The predicted octanol–water partition coefficient (Wildman–Crippen LogP) is 0.928. The molecule has 1 aliphatic rings. The van der Waals surface area contributed by atoms with E-state index in [2.05, 4.69) is 0 Å². The smallest absolute Gasteiger partial charge is 0.216 e. The Morgan fingerprint density at radius 2 is 2.25 bits per heavy atom. The highest BCUT2D eigenvalue weighted by Crippen LogP contribution is 2.39. The Kier molecular flexibility index (Phi) is 2.71. The molecule has 0 heterocycles. The SMILES string of the molecule is CCOC1(O)c2c(O)cccc2C=CC1N. The second-order valence-electron chi connectivity index (χ2n) is 3.76. The molecule has 0 saturated heterocycles. The average molecular weight is 221 g/mol. The molecule has 0 amide bonds. The Bertz CT molecular complexity index is 430. The molecule has 0 radical (unpaired) electrons. The second kappa shape index (κ2) is 3.90. The van der Waals surface area contributed by atoms with Gasteiger partial charge in [-0.15, -0.1) is 0 Å². The van der Waals surface area contributed by atoms with E-state index in [1.165, 1.54) is 6.07 Å². The Hall–Kier alpha value is -1.36. The van der Waals surface area contributed by atoms with E-state index in [0.717, 1.165) is 5.56 Å². The molecule has 16 heavy (non-hydrogen) atoms. The molecule has 86 valence electrons. The molecule has 4 nitrogen and oxygen atoms in total. The number of hydrogen-bond donors (Lipinski definition) is 3. The minimum atomic E-state index is -1.65. The summed E-state index contributed by atoms with van der Waals surface area (Å²) in [7, 11) is 0. The number of phenols is 1. The highest BCUT2D eigenvalue weighted by Gasteiger charge is 2.41. The Labute approximate surface area is 94.0 Å². The zero-order chi connectivity index (χ0) is 11.8. The summed E-state index contributed by atoms with van der Waals surface area (Å²) in [6.07, 6.45) is 3.44. The maximum Gasteiger partial charge on any atom is 0.216 e. The third-order valence-electron chi connectivity index (χ3n) is 2.73. The number of hydrogen-bond acceptors (Lipinski definition) is 4. The average Bonchev–Trinajstić information content (AvgIpc) is 2.24. The van der Waals surface area contributed by atoms with Gasteiger partial charge in [-0.3, -0.25) is 0 Å². The third-order valence-corrected chi connectivity index (χ3v) is 2.73. The molecule has 0 aliphatic heterocycles. The number of phenolic OH excluding ortho intramolecular Hbond substituents is 1. The van der Waals surface area contributed by atoms with Crippen LogP contribution in [-0.4, -0.2) is 22.9 Å². The summed E-state index contributed by atoms with van der Waals surface area (Å²) in [5.41, 5.74) is 6.87. The van der Waals surface area contributed by atoms with Gasteiger partial charge in [0, 0.05) is 6.61 Å². The third kappa shape index (κ3) is 1.51. The van der Waals surface area contributed by atoms with Gasteiger partial charge in [0.25, 0.3) is 0 Å². The summed E-state index contributed by atoms with van der Waals surface area (Å²) in [5.74, 6) is -1.65. The van der Waals surface area contributed by atoms with E-state index in [1.807, 2.05) is 0 Å². The fourth-order valence-electron chi connectivity index (χ4n) is 1.98. The van der Waals surface area contributed by atoms with Crippen LogP contribution in [0.25, 0.3) is 6.08 Å². The van der Waals surface area contributed by atoms with Gasteiger partial charge in [-0.25, -0.2) is 0 Å². The Morgan fingerprint density at radius 1 is 1.50 bits per heavy atom. The summed E-state index contributed by atoms with van der Waals surface area (Å²) in [6, 6.07) is 4.32. The van der Waals surface area contributed by atoms with E-state index < -0.39 is 11.8 Å². The molecule has 2 atom stereocenters. The molecule has 1 aromatic carbocycles. The van der Waals surface area contributed by atoms with Crippen LogP contribution in [0.3, 0.4) is 0 Å². The van der Waals surface area contributed by atoms with Crippen LogP contribution in [0, 0.1) is 0 Å². The maximum atomic E-state index is 10.4. The summed E-state index contributed by atoms with van der Waals surface area (Å²) >= 11 is 0. The van der Waals surface area contributed by atoms with Gasteiger partial charge in [-0.2, -0.15) is 0 Å². The van der Waals surface area contributed by atoms with E-state index in [9.17, 15) is 10.2 Å². The first kappa shape index (κ1) is 11.1. The van der Waals surface area contributed by atoms with Crippen molar-refractivity contribution >= 4 is 6.08 Å². The molecule has 2 unspecified atom stereocenters. The highest BCUT2D eigenvalue weighted by molar-refractivity contribution is 5.63. The van der Waals surface area contributed by atoms with Crippen LogP contribution in [0.2, 0.25) is 0 Å². The van der Waals surface area contributed by atoms with Crippen molar-refractivity contribution in [2.75, 3.05) is 6.61 Å².